The maximum atomic E-state index is 5.76. The number of benzene rings is 2. The monoisotopic (exact) mass is 394 g/mol. The van der Waals surface area contributed by atoms with E-state index < -0.39 is 0 Å². The smallest absolute Gasteiger partial charge is 0.123 e. The molecule has 0 N–H and O–H groups in total. The minimum Gasteiger partial charge on any atom is -0.490 e. The quantitative estimate of drug-likeness (QED) is 0.604. The normalized spacial score (nSPS) is 18.5. The number of hydrogen-bond donors (Lipinski definition) is 0. The number of hydrogen-bond acceptors (Lipinski definition) is 1. The summed E-state index contributed by atoms with van der Waals surface area (Å²) in [5.74, 6) is 1.03. The number of halogens is 2. The van der Waals surface area contributed by atoms with Crippen LogP contribution in [-0.2, 0) is 6.42 Å². The molecular formula is C17H16Br2O. The Morgan fingerprint density at radius 1 is 1.20 bits per heavy atom. The lowest BCUT2D eigenvalue weighted by Gasteiger charge is -2.14. The van der Waals surface area contributed by atoms with Gasteiger partial charge in [-0.3, -0.25) is 0 Å². The molecule has 2 atom stereocenters. The van der Waals surface area contributed by atoms with Crippen molar-refractivity contribution in [1.82, 2.24) is 0 Å². The molecular weight excluding hydrogens is 380 g/mol. The Kier molecular flexibility index (Phi) is 3.91. The van der Waals surface area contributed by atoms with Crippen LogP contribution in [0.3, 0.4) is 0 Å². The van der Waals surface area contributed by atoms with E-state index in [2.05, 4.69) is 82.1 Å². The molecule has 0 spiro atoms. The first-order chi connectivity index (χ1) is 9.54. The molecule has 0 aliphatic carbocycles. The Labute approximate surface area is 136 Å². The minimum atomic E-state index is 0.193. The molecule has 0 saturated heterocycles. The fourth-order valence-corrected chi connectivity index (χ4v) is 4.33. The summed E-state index contributed by atoms with van der Waals surface area (Å²) in [6, 6.07) is 13.0. The Morgan fingerprint density at radius 2 is 2.00 bits per heavy atom. The van der Waals surface area contributed by atoms with Gasteiger partial charge >= 0.3 is 0 Å². The van der Waals surface area contributed by atoms with Gasteiger partial charge < -0.3 is 4.74 Å². The van der Waals surface area contributed by atoms with Crippen LogP contribution in [0.5, 0.6) is 5.75 Å². The highest BCUT2D eigenvalue weighted by atomic mass is 79.9. The topological polar surface area (TPSA) is 9.23 Å². The van der Waals surface area contributed by atoms with Crippen LogP contribution >= 0.6 is 31.9 Å². The average molecular weight is 396 g/mol. The summed E-state index contributed by atoms with van der Waals surface area (Å²) in [7, 11) is 0. The predicted molar refractivity (Wildman–Crippen MR) is 89.9 cm³/mol. The second kappa shape index (κ2) is 5.53. The zero-order chi connectivity index (χ0) is 14.3. The van der Waals surface area contributed by atoms with Gasteiger partial charge in [-0.15, -0.1) is 0 Å². The molecule has 1 aliphatic rings. The number of rotatable bonds is 2. The standard InChI is InChI=1S/C17H16Br2O/c1-10-3-5-14(15(18)7-10)17(19)12-4-6-16-13(9-12)8-11(2)20-16/h3-7,9,11,17H,8H2,1-2H3. The van der Waals surface area contributed by atoms with Crippen molar-refractivity contribution in [2.24, 2.45) is 0 Å². The van der Waals surface area contributed by atoms with Crippen LogP contribution in [0, 0.1) is 6.92 Å². The summed E-state index contributed by atoms with van der Waals surface area (Å²) in [5, 5.41) is 0. The third kappa shape index (κ3) is 2.66. The van der Waals surface area contributed by atoms with Crippen molar-refractivity contribution < 1.29 is 4.74 Å². The molecule has 0 amide bonds. The summed E-state index contributed by atoms with van der Waals surface area (Å²) >= 11 is 7.48. The van der Waals surface area contributed by atoms with Gasteiger partial charge in [-0.1, -0.05) is 56.1 Å². The van der Waals surface area contributed by atoms with E-state index >= 15 is 0 Å². The van der Waals surface area contributed by atoms with E-state index in [9.17, 15) is 0 Å². The van der Waals surface area contributed by atoms with Crippen LogP contribution in [0.25, 0.3) is 0 Å². The maximum Gasteiger partial charge on any atom is 0.123 e. The first kappa shape index (κ1) is 14.2. The zero-order valence-electron chi connectivity index (χ0n) is 11.5. The number of ether oxygens (including phenoxy) is 1. The SMILES string of the molecule is Cc1ccc(C(Br)c2ccc3c(c2)CC(C)O3)c(Br)c1. The molecule has 2 aromatic carbocycles. The highest BCUT2D eigenvalue weighted by Crippen LogP contribution is 2.39. The van der Waals surface area contributed by atoms with Crippen molar-refractivity contribution in [2.45, 2.75) is 31.2 Å². The molecule has 104 valence electrons. The van der Waals surface area contributed by atoms with Crippen LogP contribution < -0.4 is 4.74 Å². The molecule has 1 nitrogen and oxygen atoms in total. The Morgan fingerprint density at radius 3 is 2.75 bits per heavy atom. The second-order valence-electron chi connectivity index (χ2n) is 5.39. The van der Waals surface area contributed by atoms with Crippen LogP contribution in [0.15, 0.2) is 40.9 Å². The first-order valence-electron chi connectivity index (χ1n) is 6.74. The molecule has 0 fully saturated rings. The summed E-state index contributed by atoms with van der Waals surface area (Å²) in [4.78, 5) is 0.193. The van der Waals surface area contributed by atoms with E-state index in [1.54, 1.807) is 0 Å². The van der Waals surface area contributed by atoms with Gasteiger partial charge in [0.25, 0.3) is 0 Å². The van der Waals surface area contributed by atoms with Gasteiger partial charge in [0.2, 0.25) is 0 Å². The minimum absolute atomic E-state index is 0.193. The van der Waals surface area contributed by atoms with Gasteiger partial charge in [0.05, 0.1) is 4.83 Å². The highest BCUT2D eigenvalue weighted by molar-refractivity contribution is 9.11. The second-order valence-corrected chi connectivity index (χ2v) is 7.16. The Bertz CT molecular complexity index is 651. The third-order valence-corrected chi connectivity index (χ3v) is 5.35. The molecule has 0 aromatic heterocycles. The first-order valence-corrected chi connectivity index (χ1v) is 8.45. The van der Waals surface area contributed by atoms with E-state index in [-0.39, 0.29) is 4.83 Å². The molecule has 1 heterocycles. The fourth-order valence-electron chi connectivity index (χ4n) is 2.62. The highest BCUT2D eigenvalue weighted by Gasteiger charge is 2.21. The lowest BCUT2D eigenvalue weighted by molar-refractivity contribution is 0.254. The Balaban J connectivity index is 1.95. The number of fused-ring (bicyclic) bond motifs is 1. The maximum absolute atomic E-state index is 5.76. The number of aryl methyl sites for hydroxylation is 1. The molecule has 1 aliphatic heterocycles. The van der Waals surface area contributed by atoms with Gasteiger partial charge in [-0.2, -0.15) is 0 Å². The fraction of sp³-hybridized carbons (Fsp3) is 0.294. The van der Waals surface area contributed by atoms with Crippen molar-refractivity contribution in [1.29, 1.82) is 0 Å². The van der Waals surface area contributed by atoms with Gasteiger partial charge in [0.1, 0.15) is 11.9 Å². The molecule has 2 aromatic rings. The van der Waals surface area contributed by atoms with Gasteiger partial charge in [0.15, 0.2) is 0 Å². The van der Waals surface area contributed by atoms with Crippen LogP contribution in [0.1, 0.15) is 34.0 Å². The summed E-state index contributed by atoms with van der Waals surface area (Å²) < 4.78 is 6.91. The molecule has 2 unspecified atom stereocenters. The van der Waals surface area contributed by atoms with Gasteiger partial charge in [-0.25, -0.2) is 0 Å². The van der Waals surface area contributed by atoms with Crippen molar-refractivity contribution in [3.05, 3.63) is 63.1 Å². The van der Waals surface area contributed by atoms with E-state index in [1.165, 1.54) is 22.3 Å². The van der Waals surface area contributed by atoms with Crippen molar-refractivity contribution >= 4 is 31.9 Å². The van der Waals surface area contributed by atoms with Gasteiger partial charge in [0, 0.05) is 10.9 Å². The summed E-state index contributed by atoms with van der Waals surface area (Å²) in [6.45, 7) is 4.22. The van der Waals surface area contributed by atoms with Crippen molar-refractivity contribution in [3.8, 4) is 5.75 Å². The lowest BCUT2D eigenvalue weighted by atomic mass is 10.0. The van der Waals surface area contributed by atoms with Crippen LogP contribution in [-0.4, -0.2) is 6.10 Å². The molecule has 0 bridgehead atoms. The molecule has 20 heavy (non-hydrogen) atoms. The zero-order valence-corrected chi connectivity index (χ0v) is 14.7. The summed E-state index contributed by atoms with van der Waals surface area (Å²) in [5.41, 5.74) is 5.09. The van der Waals surface area contributed by atoms with E-state index in [4.69, 9.17) is 4.74 Å². The van der Waals surface area contributed by atoms with E-state index in [0.29, 0.717) is 6.10 Å². The lowest BCUT2D eigenvalue weighted by Crippen LogP contribution is -2.05. The average Bonchev–Trinajstić information content (AvgIpc) is 2.77. The van der Waals surface area contributed by atoms with E-state index in [1.807, 2.05) is 0 Å². The van der Waals surface area contributed by atoms with Crippen LogP contribution in [0.2, 0.25) is 0 Å². The van der Waals surface area contributed by atoms with Crippen molar-refractivity contribution in [3.63, 3.8) is 0 Å². The number of alkyl halides is 1. The van der Waals surface area contributed by atoms with Crippen molar-refractivity contribution in [2.75, 3.05) is 0 Å². The summed E-state index contributed by atoms with van der Waals surface area (Å²) in [6.07, 6.45) is 1.29. The molecule has 0 radical (unpaired) electrons. The Hall–Kier alpha value is -0.800. The van der Waals surface area contributed by atoms with Gasteiger partial charge in [-0.05, 0) is 48.2 Å². The third-order valence-electron chi connectivity index (χ3n) is 3.64. The molecule has 0 saturated carbocycles. The van der Waals surface area contributed by atoms with Crippen LogP contribution in [0.4, 0.5) is 0 Å². The predicted octanol–water partition coefficient (Wildman–Crippen LogP) is 5.57. The largest absolute Gasteiger partial charge is 0.490 e. The van der Waals surface area contributed by atoms with E-state index in [0.717, 1.165) is 16.6 Å². The molecule has 3 heteroatoms. The molecule has 3 rings (SSSR count).